The van der Waals surface area contributed by atoms with Crippen LogP contribution >= 0.6 is 22.7 Å². The summed E-state index contributed by atoms with van der Waals surface area (Å²) in [6.45, 7) is 8.13. The van der Waals surface area contributed by atoms with Crippen molar-refractivity contribution in [2.75, 3.05) is 0 Å². The Morgan fingerprint density at radius 1 is 0.675 bits per heavy atom. The van der Waals surface area contributed by atoms with E-state index >= 15 is 0 Å². The van der Waals surface area contributed by atoms with Crippen molar-refractivity contribution in [1.29, 1.82) is 21.0 Å². The summed E-state index contributed by atoms with van der Waals surface area (Å²) < 4.78 is 12.8. The Morgan fingerprint density at radius 2 is 1.05 bits per heavy atom. The lowest BCUT2D eigenvalue weighted by Crippen LogP contribution is -2.39. The predicted octanol–water partition coefficient (Wildman–Crippen LogP) is 6.97. The number of aliphatic imine (C=N–C) groups is 2. The van der Waals surface area contributed by atoms with Crippen LogP contribution in [0.15, 0.2) is 57.6 Å². The summed E-state index contributed by atoms with van der Waals surface area (Å²) in [7, 11) is 0. The number of hydrogen-bond donors (Lipinski definition) is 0. The molecule has 0 saturated heterocycles. The first-order valence-electron chi connectivity index (χ1n) is 12.4. The van der Waals surface area contributed by atoms with Crippen LogP contribution < -0.4 is 9.47 Å². The number of thiophene rings is 2. The molecule has 4 heterocycles. The highest BCUT2D eigenvalue weighted by Gasteiger charge is 2.44. The molecule has 8 nitrogen and oxygen atoms in total. The van der Waals surface area contributed by atoms with Crippen molar-refractivity contribution in [1.82, 2.24) is 0 Å². The van der Waals surface area contributed by atoms with Gasteiger partial charge in [-0.25, -0.2) is 9.98 Å². The fourth-order valence-corrected chi connectivity index (χ4v) is 7.51. The third-order valence-corrected chi connectivity index (χ3v) is 9.30. The Balaban J connectivity index is 1.45. The van der Waals surface area contributed by atoms with Crippen molar-refractivity contribution >= 4 is 55.2 Å². The van der Waals surface area contributed by atoms with E-state index in [-0.39, 0.29) is 23.3 Å². The van der Waals surface area contributed by atoms with Gasteiger partial charge in [-0.15, -0.1) is 22.7 Å². The lowest BCUT2D eigenvalue weighted by Gasteiger charge is -2.42. The van der Waals surface area contributed by atoms with Crippen LogP contribution in [0.25, 0.3) is 11.1 Å². The molecular formula is C30H20N6O2S2. The molecule has 2 aliphatic carbocycles. The molecule has 40 heavy (non-hydrogen) atoms. The largest absolute Gasteiger partial charge is 0.482 e. The molecule has 0 amide bonds. The Kier molecular flexibility index (Phi) is 5.68. The van der Waals surface area contributed by atoms with Crippen molar-refractivity contribution in [2.24, 2.45) is 21.8 Å². The van der Waals surface area contributed by atoms with Crippen LogP contribution in [0.5, 0.6) is 11.5 Å². The molecule has 0 bridgehead atoms. The molecule has 10 heteroatoms. The maximum absolute atomic E-state index is 9.15. The van der Waals surface area contributed by atoms with Gasteiger partial charge in [-0.1, -0.05) is 24.3 Å². The van der Waals surface area contributed by atoms with Crippen molar-refractivity contribution < 1.29 is 9.47 Å². The summed E-state index contributed by atoms with van der Waals surface area (Å²) in [4.78, 5) is 10.3. The van der Waals surface area contributed by atoms with E-state index in [0.717, 1.165) is 32.0 Å². The summed E-state index contributed by atoms with van der Waals surface area (Å²) in [5, 5.41) is 37.7. The minimum Gasteiger partial charge on any atom is -0.482 e. The Hall–Kier alpha value is -4.74. The van der Waals surface area contributed by atoms with Gasteiger partial charge in [-0.3, -0.25) is 0 Å². The number of hydrogen-bond acceptors (Lipinski definition) is 10. The molecule has 0 N–H and O–H groups in total. The minimum absolute atomic E-state index is 0.0766. The second kappa shape index (κ2) is 8.90. The lowest BCUT2D eigenvalue weighted by atomic mass is 9.70. The van der Waals surface area contributed by atoms with E-state index in [1.807, 2.05) is 52.0 Å². The van der Waals surface area contributed by atoms with Crippen LogP contribution in [-0.4, -0.2) is 22.6 Å². The van der Waals surface area contributed by atoms with Crippen molar-refractivity contribution in [3.63, 3.8) is 0 Å². The molecule has 2 atom stereocenters. The number of nitriles is 4. The van der Waals surface area contributed by atoms with Crippen LogP contribution in [-0.2, 0) is 0 Å². The van der Waals surface area contributed by atoms with Gasteiger partial charge in [-0.05, 0) is 50.0 Å². The van der Waals surface area contributed by atoms with E-state index in [1.165, 1.54) is 22.7 Å². The van der Waals surface area contributed by atoms with Crippen LogP contribution in [0, 0.1) is 57.2 Å². The second-order valence-electron chi connectivity index (χ2n) is 10.6. The quantitative estimate of drug-likeness (QED) is 0.364. The van der Waals surface area contributed by atoms with E-state index in [4.69, 9.17) is 30.5 Å². The van der Waals surface area contributed by atoms with E-state index in [1.54, 1.807) is 12.1 Å². The average Bonchev–Trinajstić information content (AvgIpc) is 3.51. The molecular weight excluding hydrogens is 541 g/mol. The molecule has 0 aromatic carbocycles. The van der Waals surface area contributed by atoms with Gasteiger partial charge in [0.2, 0.25) is 11.4 Å². The van der Waals surface area contributed by atoms with Gasteiger partial charge >= 0.3 is 0 Å². The Bertz CT molecular complexity index is 1700. The zero-order valence-corrected chi connectivity index (χ0v) is 23.6. The van der Waals surface area contributed by atoms with Gasteiger partial charge in [0.15, 0.2) is 0 Å². The standard InChI is InChI=1S/C30H20N6O2S2/c1-29(2)21-7-15-6-20-22(30(3,4)38-24-10-26(40-28(20)24)36-18(13-33)14-34)8-16(15)5-19(21)27-23(37-29)9-25(39-27)35-17(11-31)12-32/h5-10,15-16H,1-4H3. The summed E-state index contributed by atoms with van der Waals surface area (Å²) in [5.74, 6) is 1.54. The lowest BCUT2D eigenvalue weighted by molar-refractivity contribution is 0.145. The molecule has 4 aliphatic rings. The van der Waals surface area contributed by atoms with Gasteiger partial charge in [0.1, 0.15) is 57.0 Å². The average molecular weight is 561 g/mol. The molecule has 0 fully saturated rings. The fraction of sp³-hybridized carbons (Fsp3) is 0.267. The first-order chi connectivity index (χ1) is 19.1. The molecule has 2 aromatic heterocycles. The molecule has 0 spiro atoms. The van der Waals surface area contributed by atoms with Crippen LogP contribution in [0.1, 0.15) is 37.4 Å². The van der Waals surface area contributed by atoms with Gasteiger partial charge in [0.25, 0.3) is 0 Å². The van der Waals surface area contributed by atoms with Crippen molar-refractivity contribution in [3.05, 3.63) is 57.3 Å². The van der Waals surface area contributed by atoms with Crippen LogP contribution in [0.4, 0.5) is 10.0 Å². The molecule has 2 unspecified atom stereocenters. The number of ether oxygens (including phenoxy) is 2. The van der Waals surface area contributed by atoms with Crippen LogP contribution in [0.3, 0.4) is 0 Å². The second-order valence-corrected chi connectivity index (χ2v) is 12.7. The van der Waals surface area contributed by atoms with E-state index in [9.17, 15) is 0 Å². The monoisotopic (exact) mass is 560 g/mol. The number of nitrogens with zero attached hydrogens (tertiary/aromatic N) is 6. The van der Waals surface area contributed by atoms with Crippen molar-refractivity contribution in [2.45, 2.75) is 38.9 Å². The topological polar surface area (TPSA) is 138 Å². The summed E-state index contributed by atoms with van der Waals surface area (Å²) >= 11 is 2.81. The zero-order valence-electron chi connectivity index (χ0n) is 21.9. The predicted molar refractivity (Wildman–Crippen MR) is 154 cm³/mol. The Morgan fingerprint density at radius 3 is 1.40 bits per heavy atom. The maximum atomic E-state index is 9.15. The van der Waals surface area contributed by atoms with E-state index < -0.39 is 11.2 Å². The van der Waals surface area contributed by atoms with Gasteiger partial charge in [0.05, 0.1) is 9.75 Å². The SMILES string of the molecule is CC1(C)Oc2cc(N=C(C#N)C#N)sc2C2=CC3C=C4C(=CC3C=C21)c1sc(N=C(C#N)C#N)cc1OC4(C)C. The molecule has 0 saturated carbocycles. The van der Waals surface area contributed by atoms with Gasteiger partial charge in [-0.2, -0.15) is 21.0 Å². The highest BCUT2D eigenvalue weighted by molar-refractivity contribution is 7.17. The highest BCUT2D eigenvalue weighted by Crippen LogP contribution is 2.57. The molecule has 0 radical (unpaired) electrons. The fourth-order valence-electron chi connectivity index (χ4n) is 5.51. The minimum atomic E-state index is -0.600. The highest BCUT2D eigenvalue weighted by atomic mass is 32.1. The van der Waals surface area contributed by atoms with E-state index in [2.05, 4.69) is 34.3 Å². The first-order valence-corrected chi connectivity index (χ1v) is 14.0. The molecule has 2 aromatic rings. The van der Waals surface area contributed by atoms with Crippen LogP contribution in [0.2, 0.25) is 0 Å². The molecule has 194 valence electrons. The first kappa shape index (κ1) is 25.5. The third-order valence-electron chi connectivity index (χ3n) is 7.22. The third kappa shape index (κ3) is 3.98. The smallest absolute Gasteiger partial charge is 0.219 e. The zero-order chi connectivity index (χ0) is 28.4. The van der Waals surface area contributed by atoms with E-state index in [0.29, 0.717) is 21.5 Å². The summed E-state index contributed by atoms with van der Waals surface area (Å²) in [6.07, 6.45) is 9.07. The normalized spacial score (nSPS) is 21.8. The van der Waals surface area contributed by atoms with Gasteiger partial charge in [0, 0.05) is 24.0 Å². The number of allylic oxidation sites excluding steroid dienone is 4. The van der Waals surface area contributed by atoms with Crippen molar-refractivity contribution in [3.8, 4) is 35.8 Å². The van der Waals surface area contributed by atoms with Gasteiger partial charge < -0.3 is 9.47 Å². The number of rotatable bonds is 2. The Labute approximate surface area is 239 Å². The maximum Gasteiger partial charge on any atom is 0.219 e. The summed E-state index contributed by atoms with van der Waals surface area (Å²) in [5.41, 5.74) is 2.71. The summed E-state index contributed by atoms with van der Waals surface area (Å²) in [6, 6.07) is 10.8. The molecule has 2 aliphatic heterocycles. The number of fused-ring (bicyclic) bond motifs is 7. The molecule has 6 rings (SSSR count).